The third-order valence-corrected chi connectivity index (χ3v) is 2.94. The van der Waals surface area contributed by atoms with E-state index in [4.69, 9.17) is 4.74 Å². The van der Waals surface area contributed by atoms with Gasteiger partial charge in [0.2, 0.25) is 0 Å². The Bertz CT molecular complexity index is 491. The molecule has 0 atom stereocenters. The molecule has 0 aliphatic heterocycles. The van der Waals surface area contributed by atoms with E-state index in [1.54, 1.807) is 0 Å². The summed E-state index contributed by atoms with van der Waals surface area (Å²) in [5, 5.41) is 0. The summed E-state index contributed by atoms with van der Waals surface area (Å²) in [6.07, 6.45) is 1.97. The minimum atomic E-state index is 0.489. The Morgan fingerprint density at radius 3 is 2.65 bits per heavy atom. The Balaban J connectivity index is 2.04. The van der Waals surface area contributed by atoms with Gasteiger partial charge >= 0.3 is 0 Å². The van der Waals surface area contributed by atoms with Gasteiger partial charge in [0.1, 0.15) is 22.8 Å². The van der Waals surface area contributed by atoms with Crippen molar-refractivity contribution in [3.05, 3.63) is 46.5 Å². The SMILES string of the molecule is CCn1cc(Br)nc1COc1ccc(C)cc1. The quantitative estimate of drug-likeness (QED) is 0.862. The van der Waals surface area contributed by atoms with E-state index in [1.807, 2.05) is 30.5 Å². The zero-order valence-corrected chi connectivity index (χ0v) is 11.6. The van der Waals surface area contributed by atoms with Gasteiger partial charge in [0.05, 0.1) is 0 Å². The van der Waals surface area contributed by atoms with Crippen molar-refractivity contribution in [2.24, 2.45) is 0 Å². The highest BCUT2D eigenvalue weighted by atomic mass is 79.9. The molecule has 0 aliphatic carbocycles. The van der Waals surface area contributed by atoms with Crippen LogP contribution in [0.5, 0.6) is 5.75 Å². The first-order valence-corrected chi connectivity index (χ1v) is 6.39. The minimum Gasteiger partial charge on any atom is -0.486 e. The molecular weight excluding hydrogens is 280 g/mol. The van der Waals surface area contributed by atoms with Crippen LogP contribution in [-0.4, -0.2) is 9.55 Å². The molecule has 0 saturated carbocycles. The average molecular weight is 295 g/mol. The Hall–Kier alpha value is -1.29. The van der Waals surface area contributed by atoms with E-state index in [0.717, 1.165) is 22.7 Å². The molecule has 0 bridgehead atoms. The van der Waals surface area contributed by atoms with Gasteiger partial charge in [-0.15, -0.1) is 0 Å². The number of nitrogens with zero attached hydrogens (tertiary/aromatic N) is 2. The Morgan fingerprint density at radius 2 is 2.00 bits per heavy atom. The second-order valence-electron chi connectivity index (χ2n) is 3.87. The number of rotatable bonds is 4. The number of hydrogen-bond donors (Lipinski definition) is 0. The van der Waals surface area contributed by atoms with E-state index in [2.05, 4.69) is 39.3 Å². The normalized spacial score (nSPS) is 10.5. The molecule has 1 aromatic heterocycles. The van der Waals surface area contributed by atoms with Gasteiger partial charge in [-0.2, -0.15) is 0 Å². The van der Waals surface area contributed by atoms with E-state index in [0.29, 0.717) is 6.61 Å². The molecule has 90 valence electrons. The standard InChI is InChI=1S/C13H15BrN2O/c1-3-16-8-12(14)15-13(16)9-17-11-6-4-10(2)5-7-11/h4-8H,3,9H2,1-2H3. The Kier molecular flexibility index (Phi) is 3.84. The number of imidazole rings is 1. The van der Waals surface area contributed by atoms with Crippen LogP contribution in [0, 0.1) is 6.92 Å². The van der Waals surface area contributed by atoms with Crippen LogP contribution in [0.25, 0.3) is 0 Å². The predicted octanol–water partition coefficient (Wildman–Crippen LogP) is 3.55. The molecule has 0 unspecified atom stereocenters. The summed E-state index contributed by atoms with van der Waals surface area (Å²) < 4.78 is 8.62. The number of hydrogen-bond acceptors (Lipinski definition) is 2. The second-order valence-corrected chi connectivity index (χ2v) is 4.68. The fraction of sp³-hybridized carbons (Fsp3) is 0.308. The van der Waals surface area contributed by atoms with Crippen molar-refractivity contribution >= 4 is 15.9 Å². The molecule has 0 N–H and O–H groups in total. The first-order valence-electron chi connectivity index (χ1n) is 5.60. The lowest BCUT2D eigenvalue weighted by molar-refractivity contribution is 0.290. The summed E-state index contributed by atoms with van der Waals surface area (Å²) in [5.41, 5.74) is 1.23. The second kappa shape index (κ2) is 5.36. The van der Waals surface area contributed by atoms with Gasteiger partial charge in [0.25, 0.3) is 0 Å². The summed E-state index contributed by atoms with van der Waals surface area (Å²) in [7, 11) is 0. The number of benzene rings is 1. The average Bonchev–Trinajstić information content (AvgIpc) is 2.69. The highest BCUT2D eigenvalue weighted by molar-refractivity contribution is 9.10. The molecule has 0 amide bonds. The van der Waals surface area contributed by atoms with Crippen LogP contribution in [0.3, 0.4) is 0 Å². The van der Waals surface area contributed by atoms with Crippen LogP contribution < -0.4 is 4.74 Å². The summed E-state index contributed by atoms with van der Waals surface area (Å²) in [6.45, 7) is 5.53. The smallest absolute Gasteiger partial charge is 0.148 e. The molecule has 2 aromatic rings. The van der Waals surface area contributed by atoms with E-state index in [9.17, 15) is 0 Å². The van der Waals surface area contributed by atoms with E-state index in [1.165, 1.54) is 5.56 Å². The van der Waals surface area contributed by atoms with Crippen molar-refractivity contribution in [3.63, 3.8) is 0 Å². The number of aryl methyl sites for hydroxylation is 2. The van der Waals surface area contributed by atoms with E-state index >= 15 is 0 Å². The lowest BCUT2D eigenvalue weighted by atomic mass is 10.2. The van der Waals surface area contributed by atoms with E-state index < -0.39 is 0 Å². The monoisotopic (exact) mass is 294 g/mol. The van der Waals surface area contributed by atoms with Gasteiger partial charge in [0.15, 0.2) is 0 Å². The van der Waals surface area contributed by atoms with Crippen molar-refractivity contribution < 1.29 is 4.74 Å². The zero-order chi connectivity index (χ0) is 12.3. The lowest BCUT2D eigenvalue weighted by Gasteiger charge is -2.07. The Labute approximate surface area is 110 Å². The van der Waals surface area contributed by atoms with Crippen molar-refractivity contribution in [2.45, 2.75) is 27.0 Å². The molecule has 3 nitrogen and oxygen atoms in total. The van der Waals surface area contributed by atoms with Gasteiger partial charge in [-0.25, -0.2) is 4.98 Å². The fourth-order valence-electron chi connectivity index (χ4n) is 1.59. The number of aromatic nitrogens is 2. The molecule has 4 heteroatoms. The van der Waals surface area contributed by atoms with Gasteiger partial charge < -0.3 is 9.30 Å². The van der Waals surface area contributed by atoms with Gasteiger partial charge in [0, 0.05) is 12.7 Å². The van der Waals surface area contributed by atoms with Crippen molar-refractivity contribution in [1.29, 1.82) is 0 Å². The lowest BCUT2D eigenvalue weighted by Crippen LogP contribution is -2.05. The molecule has 0 fully saturated rings. The van der Waals surface area contributed by atoms with E-state index in [-0.39, 0.29) is 0 Å². The van der Waals surface area contributed by atoms with Crippen LogP contribution in [0.4, 0.5) is 0 Å². The molecule has 2 rings (SSSR count). The van der Waals surface area contributed by atoms with Crippen molar-refractivity contribution in [3.8, 4) is 5.75 Å². The number of halogens is 1. The summed E-state index contributed by atoms with van der Waals surface area (Å²) in [5.74, 6) is 1.80. The zero-order valence-electron chi connectivity index (χ0n) is 9.98. The molecule has 0 saturated heterocycles. The minimum absolute atomic E-state index is 0.489. The van der Waals surface area contributed by atoms with Crippen LogP contribution in [-0.2, 0) is 13.2 Å². The first kappa shape index (κ1) is 12.2. The van der Waals surface area contributed by atoms with Crippen LogP contribution in [0.15, 0.2) is 35.1 Å². The molecular formula is C13H15BrN2O. The molecule has 0 aliphatic rings. The van der Waals surface area contributed by atoms with Crippen LogP contribution >= 0.6 is 15.9 Å². The van der Waals surface area contributed by atoms with Crippen molar-refractivity contribution in [1.82, 2.24) is 9.55 Å². The topological polar surface area (TPSA) is 27.1 Å². The molecule has 0 radical (unpaired) electrons. The maximum atomic E-state index is 5.70. The maximum absolute atomic E-state index is 5.70. The highest BCUT2D eigenvalue weighted by Crippen LogP contribution is 2.15. The van der Waals surface area contributed by atoms with Gasteiger partial charge in [-0.3, -0.25) is 0 Å². The summed E-state index contributed by atoms with van der Waals surface area (Å²) >= 11 is 3.37. The third-order valence-electron chi connectivity index (χ3n) is 2.56. The highest BCUT2D eigenvalue weighted by Gasteiger charge is 2.05. The van der Waals surface area contributed by atoms with Gasteiger partial charge in [-0.1, -0.05) is 17.7 Å². The largest absolute Gasteiger partial charge is 0.486 e. The molecule has 1 aromatic carbocycles. The Morgan fingerprint density at radius 1 is 1.29 bits per heavy atom. The molecule has 17 heavy (non-hydrogen) atoms. The number of ether oxygens (including phenoxy) is 1. The molecule has 0 spiro atoms. The summed E-state index contributed by atoms with van der Waals surface area (Å²) in [6, 6.07) is 8.03. The summed E-state index contributed by atoms with van der Waals surface area (Å²) in [4.78, 5) is 4.37. The van der Waals surface area contributed by atoms with Crippen LogP contribution in [0.1, 0.15) is 18.3 Å². The fourth-order valence-corrected chi connectivity index (χ4v) is 2.04. The van der Waals surface area contributed by atoms with Gasteiger partial charge in [-0.05, 0) is 41.9 Å². The molecule has 1 heterocycles. The maximum Gasteiger partial charge on any atom is 0.148 e. The van der Waals surface area contributed by atoms with Crippen molar-refractivity contribution in [2.75, 3.05) is 0 Å². The first-order chi connectivity index (χ1) is 8.19. The third kappa shape index (κ3) is 3.09. The predicted molar refractivity (Wildman–Crippen MR) is 71.1 cm³/mol. The van der Waals surface area contributed by atoms with Crippen LogP contribution in [0.2, 0.25) is 0 Å².